The van der Waals surface area contributed by atoms with Gasteiger partial charge < -0.3 is 10.1 Å². The molecule has 1 atom stereocenters. The van der Waals surface area contributed by atoms with E-state index in [0.29, 0.717) is 30.4 Å². The number of carbonyl (C=O) groups is 2. The summed E-state index contributed by atoms with van der Waals surface area (Å²) in [6.45, 7) is 1.94. The minimum atomic E-state index is -0.0477. The zero-order chi connectivity index (χ0) is 17.9. The van der Waals surface area contributed by atoms with Gasteiger partial charge in [0, 0.05) is 30.8 Å². The van der Waals surface area contributed by atoms with Gasteiger partial charge in [-0.15, -0.1) is 11.3 Å². The van der Waals surface area contributed by atoms with Crippen LogP contribution in [0.25, 0.3) is 0 Å². The summed E-state index contributed by atoms with van der Waals surface area (Å²) in [5, 5.41) is 5.55. The van der Waals surface area contributed by atoms with Crippen LogP contribution in [0.1, 0.15) is 24.1 Å². The first-order valence-corrected chi connectivity index (χ1v) is 9.79. The molecule has 1 aromatic carbocycles. The molecule has 2 aliphatic heterocycles. The SMILES string of the molecule is O=C(Cc1csc(N2CCCC2=O)n1)NC[C@H]1COc2ccccc2C1. The van der Waals surface area contributed by atoms with Gasteiger partial charge in [0.25, 0.3) is 0 Å². The maximum absolute atomic E-state index is 12.2. The molecule has 0 bridgehead atoms. The number of thiazole rings is 1. The normalized spacial score (nSPS) is 19.2. The van der Waals surface area contributed by atoms with Crippen LogP contribution in [0.5, 0.6) is 5.75 Å². The van der Waals surface area contributed by atoms with Gasteiger partial charge in [-0.05, 0) is 24.5 Å². The van der Waals surface area contributed by atoms with E-state index >= 15 is 0 Å². The van der Waals surface area contributed by atoms with E-state index in [2.05, 4.69) is 16.4 Å². The number of carbonyl (C=O) groups excluding carboxylic acids is 2. The molecule has 26 heavy (non-hydrogen) atoms. The van der Waals surface area contributed by atoms with Gasteiger partial charge in [0.15, 0.2) is 5.13 Å². The van der Waals surface area contributed by atoms with Gasteiger partial charge >= 0.3 is 0 Å². The maximum Gasteiger partial charge on any atom is 0.228 e. The number of fused-ring (bicyclic) bond motifs is 1. The van der Waals surface area contributed by atoms with E-state index < -0.39 is 0 Å². The van der Waals surface area contributed by atoms with Crippen molar-refractivity contribution in [2.24, 2.45) is 5.92 Å². The summed E-state index contributed by atoms with van der Waals surface area (Å²) in [5.41, 5.74) is 1.91. The van der Waals surface area contributed by atoms with Crippen molar-refractivity contribution in [3.63, 3.8) is 0 Å². The first-order chi connectivity index (χ1) is 12.7. The number of rotatable bonds is 5. The highest BCUT2D eigenvalue weighted by Crippen LogP contribution is 2.27. The van der Waals surface area contributed by atoms with Gasteiger partial charge in [0.2, 0.25) is 11.8 Å². The lowest BCUT2D eigenvalue weighted by atomic mass is 9.97. The Labute approximate surface area is 156 Å². The summed E-state index contributed by atoms with van der Waals surface area (Å²) in [7, 11) is 0. The van der Waals surface area contributed by atoms with E-state index in [4.69, 9.17) is 4.74 Å². The molecule has 0 saturated carbocycles. The molecule has 136 valence electrons. The Morgan fingerprint density at radius 1 is 1.38 bits per heavy atom. The molecule has 0 unspecified atom stereocenters. The smallest absolute Gasteiger partial charge is 0.228 e. The van der Waals surface area contributed by atoms with Crippen molar-refractivity contribution >= 4 is 28.3 Å². The molecule has 2 aliphatic rings. The largest absolute Gasteiger partial charge is 0.493 e. The molecule has 4 rings (SSSR count). The quantitative estimate of drug-likeness (QED) is 0.874. The molecule has 2 amide bonds. The Morgan fingerprint density at radius 2 is 2.27 bits per heavy atom. The Balaban J connectivity index is 1.27. The number of nitrogens with one attached hydrogen (secondary N) is 1. The second kappa shape index (κ2) is 7.45. The third kappa shape index (κ3) is 3.72. The third-order valence-electron chi connectivity index (χ3n) is 4.73. The highest BCUT2D eigenvalue weighted by atomic mass is 32.1. The van der Waals surface area contributed by atoms with E-state index in [1.54, 1.807) is 4.90 Å². The predicted molar refractivity (Wildman–Crippen MR) is 99.5 cm³/mol. The molecule has 1 saturated heterocycles. The van der Waals surface area contributed by atoms with E-state index in [0.717, 1.165) is 25.1 Å². The first-order valence-electron chi connectivity index (χ1n) is 8.91. The van der Waals surface area contributed by atoms with Crippen molar-refractivity contribution < 1.29 is 14.3 Å². The van der Waals surface area contributed by atoms with Gasteiger partial charge in [-0.2, -0.15) is 0 Å². The molecule has 0 spiro atoms. The molecule has 2 aromatic rings. The van der Waals surface area contributed by atoms with Gasteiger partial charge in [-0.1, -0.05) is 18.2 Å². The van der Waals surface area contributed by atoms with Crippen molar-refractivity contribution in [3.8, 4) is 5.75 Å². The Morgan fingerprint density at radius 3 is 3.12 bits per heavy atom. The Bertz CT molecular complexity index is 820. The van der Waals surface area contributed by atoms with E-state index in [1.807, 2.05) is 23.6 Å². The zero-order valence-corrected chi connectivity index (χ0v) is 15.3. The number of para-hydroxylation sites is 1. The van der Waals surface area contributed by atoms with Gasteiger partial charge in [0.1, 0.15) is 5.75 Å². The van der Waals surface area contributed by atoms with Gasteiger partial charge in [-0.3, -0.25) is 14.5 Å². The van der Waals surface area contributed by atoms with Crippen molar-refractivity contribution in [1.82, 2.24) is 10.3 Å². The Hall–Kier alpha value is -2.41. The summed E-state index contributed by atoms with van der Waals surface area (Å²) in [5.74, 6) is 1.30. The number of hydrogen-bond acceptors (Lipinski definition) is 5. The van der Waals surface area contributed by atoms with Crippen LogP contribution >= 0.6 is 11.3 Å². The second-order valence-corrected chi connectivity index (χ2v) is 7.58. The summed E-state index contributed by atoms with van der Waals surface area (Å²) in [6, 6.07) is 8.03. The van der Waals surface area contributed by atoms with Crippen LogP contribution in [0.3, 0.4) is 0 Å². The summed E-state index contributed by atoms with van der Waals surface area (Å²) < 4.78 is 5.76. The monoisotopic (exact) mass is 371 g/mol. The second-order valence-electron chi connectivity index (χ2n) is 6.74. The molecule has 1 N–H and O–H groups in total. The number of aromatic nitrogens is 1. The van der Waals surface area contributed by atoms with Crippen LogP contribution in [0.15, 0.2) is 29.6 Å². The van der Waals surface area contributed by atoms with E-state index in [1.165, 1.54) is 16.9 Å². The van der Waals surface area contributed by atoms with Crippen molar-refractivity contribution in [3.05, 3.63) is 40.9 Å². The number of anilines is 1. The highest BCUT2D eigenvalue weighted by molar-refractivity contribution is 7.14. The molecule has 0 aliphatic carbocycles. The average Bonchev–Trinajstić information content (AvgIpc) is 3.28. The molecular formula is C19H21N3O3S. The molecule has 6 nitrogen and oxygen atoms in total. The van der Waals surface area contributed by atoms with Crippen molar-refractivity contribution in [2.75, 3.05) is 24.6 Å². The number of nitrogens with zero attached hydrogens (tertiary/aromatic N) is 2. The van der Waals surface area contributed by atoms with Gasteiger partial charge in [-0.25, -0.2) is 4.98 Å². The minimum absolute atomic E-state index is 0.0477. The van der Waals surface area contributed by atoms with Crippen LogP contribution < -0.4 is 15.0 Å². The molecule has 0 radical (unpaired) electrons. The van der Waals surface area contributed by atoms with Crippen LogP contribution in [0.2, 0.25) is 0 Å². The first kappa shape index (κ1) is 17.0. The lowest BCUT2D eigenvalue weighted by molar-refractivity contribution is -0.120. The lowest BCUT2D eigenvalue weighted by Gasteiger charge is -2.25. The lowest BCUT2D eigenvalue weighted by Crippen LogP contribution is -2.35. The minimum Gasteiger partial charge on any atom is -0.493 e. The maximum atomic E-state index is 12.2. The van der Waals surface area contributed by atoms with Crippen LogP contribution in [-0.2, 0) is 22.4 Å². The van der Waals surface area contributed by atoms with E-state index in [-0.39, 0.29) is 24.2 Å². The average molecular weight is 371 g/mol. The fourth-order valence-corrected chi connectivity index (χ4v) is 4.23. The van der Waals surface area contributed by atoms with Crippen molar-refractivity contribution in [2.45, 2.75) is 25.7 Å². The van der Waals surface area contributed by atoms with Gasteiger partial charge in [0.05, 0.1) is 18.7 Å². The summed E-state index contributed by atoms with van der Waals surface area (Å²) >= 11 is 1.42. The fraction of sp³-hybridized carbons (Fsp3) is 0.421. The molecule has 3 heterocycles. The number of amides is 2. The fourth-order valence-electron chi connectivity index (χ4n) is 3.36. The number of hydrogen-bond donors (Lipinski definition) is 1. The molecular weight excluding hydrogens is 350 g/mol. The molecule has 7 heteroatoms. The number of ether oxygens (including phenoxy) is 1. The summed E-state index contributed by atoms with van der Waals surface area (Å²) in [6.07, 6.45) is 2.61. The van der Waals surface area contributed by atoms with Crippen LogP contribution in [0, 0.1) is 5.92 Å². The van der Waals surface area contributed by atoms with Crippen molar-refractivity contribution in [1.29, 1.82) is 0 Å². The molecule has 1 aromatic heterocycles. The predicted octanol–water partition coefficient (Wildman–Crippen LogP) is 2.18. The third-order valence-corrected chi connectivity index (χ3v) is 5.64. The summed E-state index contributed by atoms with van der Waals surface area (Å²) in [4.78, 5) is 30.2. The highest BCUT2D eigenvalue weighted by Gasteiger charge is 2.24. The standard InChI is InChI=1S/C19H21N3O3S/c23-17(9-15-12-26-19(21-15)22-7-3-6-18(22)24)20-10-13-8-14-4-1-2-5-16(14)25-11-13/h1-2,4-5,12-13H,3,6-11H2,(H,20,23)/t13-/m0/s1. The number of benzene rings is 1. The molecule has 1 fully saturated rings. The Kier molecular flexibility index (Phi) is 4.88. The zero-order valence-electron chi connectivity index (χ0n) is 14.4. The van der Waals surface area contributed by atoms with E-state index in [9.17, 15) is 9.59 Å². The van der Waals surface area contributed by atoms with Crippen LogP contribution in [-0.4, -0.2) is 36.5 Å². The topological polar surface area (TPSA) is 71.5 Å². The van der Waals surface area contributed by atoms with Crippen LogP contribution in [0.4, 0.5) is 5.13 Å².